The van der Waals surface area contributed by atoms with Crippen molar-refractivity contribution in [3.63, 3.8) is 0 Å². The van der Waals surface area contributed by atoms with Crippen molar-refractivity contribution in [2.24, 2.45) is 11.8 Å². The first kappa shape index (κ1) is 24.6. The molecule has 0 aliphatic carbocycles. The number of hydrogen-bond acceptors (Lipinski definition) is 4. The van der Waals surface area contributed by atoms with Crippen molar-refractivity contribution in [2.75, 3.05) is 19.6 Å². The molecule has 1 saturated heterocycles. The number of para-hydroxylation sites is 1. The zero-order valence-corrected chi connectivity index (χ0v) is 21.0. The summed E-state index contributed by atoms with van der Waals surface area (Å²) in [6.45, 7) is 3.79. The van der Waals surface area contributed by atoms with Gasteiger partial charge in [0, 0.05) is 43.7 Å². The number of likely N-dealkylation sites (tertiary alicyclic amines) is 1. The molecule has 7 heteroatoms. The fourth-order valence-corrected chi connectivity index (χ4v) is 4.96. The van der Waals surface area contributed by atoms with Crippen LogP contribution < -0.4 is 5.32 Å². The van der Waals surface area contributed by atoms with Gasteiger partial charge in [0.2, 0.25) is 5.91 Å². The van der Waals surface area contributed by atoms with Crippen LogP contribution in [0, 0.1) is 11.8 Å². The molecule has 1 aliphatic rings. The Morgan fingerprint density at radius 3 is 2.38 bits per heavy atom. The second-order valence-electron chi connectivity index (χ2n) is 9.58. The van der Waals surface area contributed by atoms with E-state index in [1.54, 1.807) is 10.9 Å². The fourth-order valence-electron chi connectivity index (χ4n) is 4.96. The minimum atomic E-state index is -0.102. The highest BCUT2D eigenvalue weighted by Gasteiger charge is 2.31. The Bertz CT molecular complexity index is 1310. The van der Waals surface area contributed by atoms with Crippen molar-refractivity contribution in [3.8, 4) is 16.9 Å². The van der Waals surface area contributed by atoms with E-state index in [9.17, 15) is 9.59 Å². The number of nitrogens with zero attached hydrogens (tertiary/aromatic N) is 3. The topological polar surface area (TPSA) is 80.4 Å². The number of piperidine rings is 1. The average molecular weight is 497 g/mol. The Morgan fingerprint density at radius 1 is 1.00 bits per heavy atom. The molecule has 0 saturated carbocycles. The smallest absolute Gasteiger partial charge is 0.257 e. The minimum absolute atomic E-state index is 0.0185. The largest absolute Gasteiger partial charge is 0.469 e. The summed E-state index contributed by atoms with van der Waals surface area (Å²) < 4.78 is 7.11. The van der Waals surface area contributed by atoms with E-state index in [4.69, 9.17) is 9.52 Å². The second kappa shape index (κ2) is 11.3. The van der Waals surface area contributed by atoms with Gasteiger partial charge in [-0.1, -0.05) is 55.5 Å². The molecule has 1 unspecified atom stereocenters. The van der Waals surface area contributed by atoms with Crippen LogP contribution in [-0.4, -0.2) is 46.1 Å². The number of nitrogens with one attached hydrogen (secondary N) is 1. The molecule has 4 aromatic rings. The second-order valence-corrected chi connectivity index (χ2v) is 9.58. The maximum Gasteiger partial charge on any atom is 0.257 e. The summed E-state index contributed by atoms with van der Waals surface area (Å²) in [5.41, 5.74) is 3.10. The lowest BCUT2D eigenvalue weighted by Gasteiger charge is -2.34. The highest BCUT2D eigenvalue weighted by molar-refractivity contribution is 6.00. The Labute approximate surface area is 217 Å². The Morgan fingerprint density at radius 2 is 1.70 bits per heavy atom. The fraction of sp³-hybridized carbons (Fsp3) is 0.300. The van der Waals surface area contributed by atoms with E-state index < -0.39 is 0 Å². The summed E-state index contributed by atoms with van der Waals surface area (Å²) in [6.07, 6.45) is 5.75. The molecule has 0 spiro atoms. The van der Waals surface area contributed by atoms with Gasteiger partial charge >= 0.3 is 0 Å². The van der Waals surface area contributed by atoms with Gasteiger partial charge < -0.3 is 14.6 Å². The van der Waals surface area contributed by atoms with Crippen molar-refractivity contribution in [2.45, 2.75) is 26.2 Å². The molecule has 2 aromatic heterocycles. The quantitative estimate of drug-likeness (QED) is 0.373. The Balaban J connectivity index is 1.24. The summed E-state index contributed by atoms with van der Waals surface area (Å²) in [5.74, 6) is 1.05. The molecule has 1 aliphatic heterocycles. The van der Waals surface area contributed by atoms with Crippen LogP contribution in [0.25, 0.3) is 16.9 Å². The SMILES string of the molecule is CC(C(=O)NCCc1ccco1)C1CCN(C(=O)c2cn(-c3ccccc3)nc2-c2ccccc2)CC1. The van der Waals surface area contributed by atoms with Crippen molar-refractivity contribution in [1.82, 2.24) is 20.0 Å². The molecular formula is C30H32N4O3. The lowest BCUT2D eigenvalue weighted by Crippen LogP contribution is -2.43. The number of benzene rings is 2. The third kappa shape index (κ3) is 5.66. The van der Waals surface area contributed by atoms with E-state index in [0.717, 1.165) is 29.9 Å². The number of furan rings is 1. The van der Waals surface area contributed by atoms with Crippen LogP contribution in [0.5, 0.6) is 0 Å². The lowest BCUT2D eigenvalue weighted by molar-refractivity contribution is -0.126. The maximum absolute atomic E-state index is 13.7. The normalized spacial score (nSPS) is 14.9. The molecule has 0 bridgehead atoms. The van der Waals surface area contributed by atoms with Gasteiger partial charge in [0.25, 0.3) is 5.91 Å². The van der Waals surface area contributed by atoms with E-state index in [-0.39, 0.29) is 23.7 Å². The third-order valence-corrected chi connectivity index (χ3v) is 7.21. The Kier molecular flexibility index (Phi) is 7.49. The van der Waals surface area contributed by atoms with Crippen LogP contribution >= 0.6 is 0 Å². The molecule has 1 atom stereocenters. The molecule has 190 valence electrons. The van der Waals surface area contributed by atoms with Crippen molar-refractivity contribution in [1.29, 1.82) is 0 Å². The van der Waals surface area contributed by atoms with Crippen LogP contribution in [-0.2, 0) is 11.2 Å². The van der Waals surface area contributed by atoms with Gasteiger partial charge in [0.1, 0.15) is 11.5 Å². The summed E-state index contributed by atoms with van der Waals surface area (Å²) in [4.78, 5) is 28.3. The summed E-state index contributed by atoms with van der Waals surface area (Å²) in [6, 6.07) is 23.4. The first-order valence-corrected chi connectivity index (χ1v) is 12.9. The number of aromatic nitrogens is 2. The van der Waals surface area contributed by atoms with E-state index >= 15 is 0 Å². The van der Waals surface area contributed by atoms with Crippen LogP contribution in [0.4, 0.5) is 0 Å². The zero-order valence-electron chi connectivity index (χ0n) is 21.0. The van der Waals surface area contributed by atoms with Crippen molar-refractivity contribution in [3.05, 3.63) is 96.6 Å². The minimum Gasteiger partial charge on any atom is -0.469 e. The van der Waals surface area contributed by atoms with Gasteiger partial charge in [-0.3, -0.25) is 9.59 Å². The molecule has 5 rings (SSSR count). The van der Waals surface area contributed by atoms with Gasteiger partial charge in [-0.05, 0) is 43.0 Å². The monoisotopic (exact) mass is 496 g/mol. The molecule has 1 fully saturated rings. The summed E-state index contributed by atoms with van der Waals surface area (Å²) >= 11 is 0. The van der Waals surface area contributed by atoms with Crippen LogP contribution in [0.2, 0.25) is 0 Å². The molecule has 37 heavy (non-hydrogen) atoms. The van der Waals surface area contributed by atoms with Crippen LogP contribution in [0.15, 0.2) is 89.7 Å². The van der Waals surface area contributed by atoms with E-state index in [1.807, 2.05) is 90.8 Å². The van der Waals surface area contributed by atoms with E-state index in [2.05, 4.69) is 5.32 Å². The van der Waals surface area contributed by atoms with Crippen LogP contribution in [0.3, 0.4) is 0 Å². The van der Waals surface area contributed by atoms with E-state index in [0.29, 0.717) is 37.3 Å². The summed E-state index contributed by atoms with van der Waals surface area (Å²) in [5, 5.41) is 7.82. The van der Waals surface area contributed by atoms with Crippen LogP contribution in [0.1, 0.15) is 35.9 Å². The molecule has 1 N–H and O–H groups in total. The first-order chi connectivity index (χ1) is 18.1. The standard InChI is InChI=1S/C30H32N4O3/c1-22(29(35)31-17-14-26-13-8-20-37-26)23-15-18-33(19-16-23)30(36)27-21-34(25-11-6-3-7-12-25)32-28(27)24-9-4-2-5-10-24/h2-13,20-23H,14-19H2,1H3,(H,31,35). The van der Waals surface area contributed by atoms with Gasteiger partial charge in [0.15, 0.2) is 0 Å². The molecule has 2 amide bonds. The number of hydrogen-bond donors (Lipinski definition) is 1. The maximum atomic E-state index is 13.7. The number of rotatable bonds is 8. The van der Waals surface area contributed by atoms with Crippen molar-refractivity contribution >= 4 is 11.8 Å². The predicted molar refractivity (Wildman–Crippen MR) is 142 cm³/mol. The molecule has 7 nitrogen and oxygen atoms in total. The molecule has 3 heterocycles. The highest BCUT2D eigenvalue weighted by atomic mass is 16.3. The zero-order chi connectivity index (χ0) is 25.6. The number of amides is 2. The molecule has 2 aromatic carbocycles. The van der Waals surface area contributed by atoms with Gasteiger partial charge in [0.05, 0.1) is 17.5 Å². The Hall–Kier alpha value is -4.13. The lowest BCUT2D eigenvalue weighted by atomic mass is 9.84. The van der Waals surface area contributed by atoms with Gasteiger partial charge in [-0.25, -0.2) is 4.68 Å². The molecule has 0 radical (unpaired) electrons. The van der Waals surface area contributed by atoms with E-state index in [1.165, 1.54) is 0 Å². The van der Waals surface area contributed by atoms with Gasteiger partial charge in [-0.15, -0.1) is 0 Å². The number of carbonyl (C=O) groups is 2. The number of carbonyl (C=O) groups excluding carboxylic acids is 2. The predicted octanol–water partition coefficient (Wildman–Crippen LogP) is 4.98. The summed E-state index contributed by atoms with van der Waals surface area (Å²) in [7, 11) is 0. The first-order valence-electron chi connectivity index (χ1n) is 12.9. The average Bonchev–Trinajstić information content (AvgIpc) is 3.64. The van der Waals surface area contributed by atoms with Crippen molar-refractivity contribution < 1.29 is 14.0 Å². The third-order valence-electron chi connectivity index (χ3n) is 7.21. The molecular weight excluding hydrogens is 464 g/mol. The highest BCUT2D eigenvalue weighted by Crippen LogP contribution is 2.29. The van der Waals surface area contributed by atoms with Gasteiger partial charge in [-0.2, -0.15) is 5.10 Å².